The van der Waals surface area contributed by atoms with Gasteiger partial charge in [0.15, 0.2) is 0 Å². The van der Waals surface area contributed by atoms with Crippen molar-refractivity contribution in [1.29, 1.82) is 0 Å². The Labute approximate surface area is 109 Å². The Morgan fingerprint density at radius 3 is 2.00 bits per heavy atom. The molecule has 1 N–H and O–H groups in total. The standard InChI is InChI=1S/C15H21NO2/c1-10(2)13-5-7-14(8-6-13)12(4)16-15(18)9-11(3)17/h5-8,10,12H,9H2,1-4H3,(H,16,18). The Hall–Kier alpha value is -1.64. The van der Waals surface area contributed by atoms with Crippen LogP contribution >= 0.6 is 0 Å². The molecule has 0 spiro atoms. The van der Waals surface area contributed by atoms with Crippen LogP contribution in [0.3, 0.4) is 0 Å². The van der Waals surface area contributed by atoms with Gasteiger partial charge in [-0.3, -0.25) is 9.59 Å². The molecule has 0 aliphatic rings. The number of ketones is 1. The summed E-state index contributed by atoms with van der Waals surface area (Å²) < 4.78 is 0. The lowest BCUT2D eigenvalue weighted by Crippen LogP contribution is -2.27. The molecule has 0 heterocycles. The summed E-state index contributed by atoms with van der Waals surface area (Å²) in [5.41, 5.74) is 2.33. The smallest absolute Gasteiger partial charge is 0.227 e. The van der Waals surface area contributed by atoms with Crippen molar-refractivity contribution in [3.8, 4) is 0 Å². The largest absolute Gasteiger partial charge is 0.349 e. The van der Waals surface area contributed by atoms with Crippen molar-refractivity contribution < 1.29 is 9.59 Å². The summed E-state index contributed by atoms with van der Waals surface area (Å²) in [6, 6.07) is 8.13. The van der Waals surface area contributed by atoms with Crippen LogP contribution in [0.1, 0.15) is 57.2 Å². The molecule has 0 fully saturated rings. The van der Waals surface area contributed by atoms with Gasteiger partial charge < -0.3 is 5.32 Å². The van der Waals surface area contributed by atoms with E-state index in [1.165, 1.54) is 12.5 Å². The third kappa shape index (κ3) is 4.32. The number of nitrogens with one attached hydrogen (secondary N) is 1. The van der Waals surface area contributed by atoms with Crippen LogP contribution in [-0.4, -0.2) is 11.7 Å². The van der Waals surface area contributed by atoms with Gasteiger partial charge in [-0.15, -0.1) is 0 Å². The molecule has 1 amide bonds. The molecule has 1 aromatic carbocycles. The molecule has 0 aromatic heterocycles. The first-order chi connectivity index (χ1) is 8.40. The van der Waals surface area contributed by atoms with Gasteiger partial charge in [0.2, 0.25) is 5.91 Å². The zero-order valence-electron chi connectivity index (χ0n) is 11.5. The fourth-order valence-corrected chi connectivity index (χ4v) is 1.77. The quantitative estimate of drug-likeness (QED) is 0.813. The molecule has 0 aliphatic carbocycles. The van der Waals surface area contributed by atoms with E-state index in [1.807, 2.05) is 19.1 Å². The molecule has 3 nitrogen and oxygen atoms in total. The third-order valence-electron chi connectivity index (χ3n) is 2.89. The number of hydrogen-bond donors (Lipinski definition) is 1. The molecule has 0 bridgehead atoms. The van der Waals surface area contributed by atoms with Crippen molar-refractivity contribution in [3.05, 3.63) is 35.4 Å². The van der Waals surface area contributed by atoms with E-state index in [0.717, 1.165) is 5.56 Å². The molecule has 18 heavy (non-hydrogen) atoms. The van der Waals surface area contributed by atoms with Crippen LogP contribution in [0.15, 0.2) is 24.3 Å². The number of benzene rings is 1. The minimum atomic E-state index is -0.220. The second-order valence-corrected chi connectivity index (χ2v) is 4.99. The van der Waals surface area contributed by atoms with E-state index in [0.29, 0.717) is 5.92 Å². The summed E-state index contributed by atoms with van der Waals surface area (Å²) in [5.74, 6) is 0.166. The van der Waals surface area contributed by atoms with Crippen LogP contribution in [0.5, 0.6) is 0 Å². The van der Waals surface area contributed by atoms with Gasteiger partial charge in [-0.25, -0.2) is 0 Å². The number of Topliss-reactive ketones (excluding diaryl/α,β-unsaturated/α-hetero) is 1. The van der Waals surface area contributed by atoms with Crippen LogP contribution in [0.4, 0.5) is 0 Å². The predicted octanol–water partition coefficient (Wildman–Crippen LogP) is 2.97. The highest BCUT2D eigenvalue weighted by molar-refractivity contribution is 5.96. The minimum absolute atomic E-state index is 0.0472. The Bertz CT molecular complexity index is 421. The van der Waals surface area contributed by atoms with Gasteiger partial charge >= 0.3 is 0 Å². The average Bonchev–Trinajstić information content (AvgIpc) is 2.27. The molecule has 0 aliphatic heterocycles. The average molecular weight is 247 g/mol. The van der Waals surface area contributed by atoms with E-state index >= 15 is 0 Å². The van der Waals surface area contributed by atoms with Crippen LogP contribution in [-0.2, 0) is 9.59 Å². The van der Waals surface area contributed by atoms with E-state index < -0.39 is 0 Å². The first-order valence-corrected chi connectivity index (χ1v) is 6.28. The van der Waals surface area contributed by atoms with Gasteiger partial charge in [-0.05, 0) is 30.9 Å². The van der Waals surface area contributed by atoms with Gasteiger partial charge in [-0.2, -0.15) is 0 Å². The number of rotatable bonds is 5. The maximum atomic E-state index is 11.5. The fraction of sp³-hybridized carbons (Fsp3) is 0.467. The number of amides is 1. The normalized spacial score (nSPS) is 12.3. The van der Waals surface area contributed by atoms with Gasteiger partial charge in [0, 0.05) is 0 Å². The Balaban J connectivity index is 2.64. The highest BCUT2D eigenvalue weighted by Gasteiger charge is 2.11. The highest BCUT2D eigenvalue weighted by Crippen LogP contribution is 2.18. The Morgan fingerprint density at radius 2 is 1.56 bits per heavy atom. The van der Waals surface area contributed by atoms with Crippen molar-refractivity contribution in [2.45, 2.75) is 46.1 Å². The number of carbonyl (C=O) groups is 2. The Kier molecular flexibility index (Phi) is 5.08. The van der Waals surface area contributed by atoms with Crippen LogP contribution in [0, 0.1) is 0 Å². The first kappa shape index (κ1) is 14.4. The molecule has 1 atom stereocenters. The van der Waals surface area contributed by atoms with Gasteiger partial charge in [0.25, 0.3) is 0 Å². The first-order valence-electron chi connectivity index (χ1n) is 6.28. The second-order valence-electron chi connectivity index (χ2n) is 4.99. The van der Waals surface area contributed by atoms with Gasteiger partial charge in [0.1, 0.15) is 5.78 Å². The summed E-state index contributed by atoms with van der Waals surface area (Å²) in [7, 11) is 0. The number of carbonyl (C=O) groups excluding carboxylic acids is 2. The summed E-state index contributed by atoms with van der Waals surface area (Å²) in [6.07, 6.45) is -0.0472. The zero-order chi connectivity index (χ0) is 13.7. The van der Waals surface area contributed by atoms with Crippen molar-refractivity contribution in [3.63, 3.8) is 0 Å². The molecule has 1 unspecified atom stereocenters. The highest BCUT2D eigenvalue weighted by atomic mass is 16.2. The third-order valence-corrected chi connectivity index (χ3v) is 2.89. The molecular weight excluding hydrogens is 226 g/mol. The minimum Gasteiger partial charge on any atom is -0.349 e. The maximum Gasteiger partial charge on any atom is 0.227 e. The maximum absolute atomic E-state index is 11.5. The predicted molar refractivity (Wildman–Crippen MR) is 72.4 cm³/mol. The van der Waals surface area contributed by atoms with E-state index in [9.17, 15) is 9.59 Å². The van der Waals surface area contributed by atoms with Gasteiger partial charge in [0.05, 0.1) is 12.5 Å². The molecule has 1 aromatic rings. The van der Waals surface area contributed by atoms with Gasteiger partial charge in [-0.1, -0.05) is 38.1 Å². The lowest BCUT2D eigenvalue weighted by atomic mass is 9.99. The van der Waals surface area contributed by atoms with E-state index in [1.54, 1.807) is 0 Å². The molecule has 0 saturated heterocycles. The van der Waals surface area contributed by atoms with Crippen molar-refractivity contribution >= 4 is 11.7 Å². The Morgan fingerprint density at radius 1 is 1.06 bits per heavy atom. The molecule has 3 heteroatoms. The zero-order valence-corrected chi connectivity index (χ0v) is 11.5. The van der Waals surface area contributed by atoms with E-state index in [4.69, 9.17) is 0 Å². The van der Waals surface area contributed by atoms with Crippen LogP contribution in [0.2, 0.25) is 0 Å². The molecule has 0 radical (unpaired) electrons. The molecule has 98 valence electrons. The molecular formula is C15H21NO2. The lowest BCUT2D eigenvalue weighted by molar-refractivity contribution is -0.127. The van der Waals surface area contributed by atoms with Crippen LogP contribution in [0.25, 0.3) is 0 Å². The monoisotopic (exact) mass is 247 g/mol. The topological polar surface area (TPSA) is 46.2 Å². The summed E-state index contributed by atoms with van der Waals surface area (Å²) >= 11 is 0. The summed E-state index contributed by atoms with van der Waals surface area (Å²) in [4.78, 5) is 22.3. The summed E-state index contributed by atoms with van der Waals surface area (Å²) in [6.45, 7) is 7.63. The molecule has 0 saturated carbocycles. The van der Waals surface area contributed by atoms with Crippen LogP contribution < -0.4 is 5.32 Å². The van der Waals surface area contributed by atoms with Crippen molar-refractivity contribution in [2.24, 2.45) is 0 Å². The lowest BCUT2D eigenvalue weighted by Gasteiger charge is -2.15. The SMILES string of the molecule is CC(=O)CC(=O)NC(C)c1ccc(C(C)C)cc1. The van der Waals surface area contributed by atoms with Crippen molar-refractivity contribution in [2.75, 3.05) is 0 Å². The second kappa shape index (κ2) is 6.34. The van der Waals surface area contributed by atoms with E-state index in [2.05, 4.69) is 31.3 Å². The number of hydrogen-bond acceptors (Lipinski definition) is 2. The fourth-order valence-electron chi connectivity index (χ4n) is 1.77. The van der Waals surface area contributed by atoms with E-state index in [-0.39, 0.29) is 24.2 Å². The van der Waals surface area contributed by atoms with Crippen molar-refractivity contribution in [1.82, 2.24) is 5.32 Å². The summed E-state index contributed by atoms with van der Waals surface area (Å²) in [5, 5.41) is 2.82. The molecule has 1 rings (SSSR count).